The van der Waals surface area contributed by atoms with Crippen LogP contribution in [-0.4, -0.2) is 10.9 Å². The molecule has 0 unspecified atom stereocenters. The summed E-state index contributed by atoms with van der Waals surface area (Å²) in [6.45, 7) is 0. The van der Waals surface area contributed by atoms with E-state index >= 15 is 0 Å². The molecule has 0 spiro atoms. The van der Waals surface area contributed by atoms with Gasteiger partial charge in [0.1, 0.15) is 5.82 Å². The summed E-state index contributed by atoms with van der Waals surface area (Å²) in [5, 5.41) is 0.954. The minimum Gasteiger partial charge on any atom is -0.340 e. The number of carbonyl (C=O) groups excluding carboxylic acids is 1. The molecule has 0 saturated carbocycles. The summed E-state index contributed by atoms with van der Waals surface area (Å²) in [4.78, 5) is 10.6. The first kappa shape index (κ1) is 9.21. The molecule has 0 atom stereocenters. The number of rotatable bonds is 1. The van der Waals surface area contributed by atoms with Gasteiger partial charge in [-0.1, -0.05) is 11.6 Å². The fraction of sp³-hybridized carbons (Fsp3) is 0.100. The van der Waals surface area contributed by atoms with E-state index < -0.39 is 5.82 Å². The maximum Gasteiger partial charge on any atom is 0.166 e. The number of fused-ring (bicyclic) bond motifs is 1. The molecule has 72 valence electrons. The number of benzene rings is 1. The monoisotopic (exact) mass is 211 g/mol. The normalized spacial score (nSPS) is 10.8. The molecule has 2 aromatic rings. The van der Waals surface area contributed by atoms with E-state index in [4.69, 9.17) is 11.6 Å². The number of aryl methyl sites for hydroxylation is 1. The lowest BCUT2D eigenvalue weighted by molar-refractivity contribution is 0.111. The van der Waals surface area contributed by atoms with Crippen molar-refractivity contribution in [2.45, 2.75) is 0 Å². The largest absolute Gasteiger partial charge is 0.340 e. The topological polar surface area (TPSA) is 22.0 Å². The minimum atomic E-state index is -0.398. The van der Waals surface area contributed by atoms with Gasteiger partial charge in [-0.25, -0.2) is 4.39 Å². The SMILES string of the molecule is Cn1c(C=O)cc2cc(F)cc(Cl)c21. The van der Waals surface area contributed by atoms with Crippen LogP contribution < -0.4 is 0 Å². The summed E-state index contributed by atoms with van der Waals surface area (Å²) in [6.07, 6.45) is 0.717. The third kappa shape index (κ3) is 1.21. The fourth-order valence-electron chi connectivity index (χ4n) is 1.55. The molecule has 0 radical (unpaired) electrons. The van der Waals surface area contributed by atoms with Crippen LogP contribution in [0.5, 0.6) is 0 Å². The first-order valence-corrected chi connectivity index (χ1v) is 4.41. The van der Waals surface area contributed by atoms with Gasteiger partial charge in [0.2, 0.25) is 0 Å². The number of nitrogens with zero attached hydrogens (tertiary/aromatic N) is 1. The maximum absolute atomic E-state index is 13.0. The number of aldehydes is 1. The molecule has 0 bridgehead atoms. The molecule has 1 aromatic carbocycles. The molecule has 1 heterocycles. The van der Waals surface area contributed by atoms with Gasteiger partial charge in [-0.2, -0.15) is 0 Å². The van der Waals surface area contributed by atoms with Crippen LogP contribution in [0, 0.1) is 5.82 Å². The molecule has 4 heteroatoms. The van der Waals surface area contributed by atoms with E-state index in [-0.39, 0.29) is 0 Å². The number of hydrogen-bond acceptors (Lipinski definition) is 1. The van der Waals surface area contributed by atoms with Crippen LogP contribution in [0.3, 0.4) is 0 Å². The highest BCUT2D eigenvalue weighted by Crippen LogP contribution is 2.26. The van der Waals surface area contributed by atoms with Gasteiger partial charge in [-0.15, -0.1) is 0 Å². The summed E-state index contributed by atoms with van der Waals surface area (Å²) in [7, 11) is 1.72. The zero-order valence-electron chi connectivity index (χ0n) is 7.42. The molecule has 0 aliphatic rings. The lowest BCUT2D eigenvalue weighted by Gasteiger charge is -2.00. The number of hydrogen-bond donors (Lipinski definition) is 0. The molecule has 0 amide bonds. The second-order valence-electron chi connectivity index (χ2n) is 3.07. The third-order valence-corrected chi connectivity index (χ3v) is 2.49. The minimum absolute atomic E-state index is 0.315. The van der Waals surface area contributed by atoms with Crippen LogP contribution in [0.4, 0.5) is 4.39 Å². The Kier molecular flexibility index (Phi) is 2.04. The first-order valence-electron chi connectivity index (χ1n) is 4.03. The Morgan fingerprint density at radius 2 is 2.14 bits per heavy atom. The van der Waals surface area contributed by atoms with Crippen LogP contribution in [0.15, 0.2) is 18.2 Å². The first-order chi connectivity index (χ1) is 6.63. The highest BCUT2D eigenvalue weighted by atomic mass is 35.5. The summed E-state index contributed by atoms with van der Waals surface area (Å²) in [5.41, 5.74) is 1.16. The summed E-state index contributed by atoms with van der Waals surface area (Å²) in [5.74, 6) is -0.398. The third-order valence-electron chi connectivity index (χ3n) is 2.20. The van der Waals surface area contributed by atoms with Crippen LogP contribution in [-0.2, 0) is 7.05 Å². The average Bonchev–Trinajstić information content (AvgIpc) is 2.42. The Bertz CT molecular complexity index is 518. The van der Waals surface area contributed by atoms with E-state index in [0.29, 0.717) is 27.9 Å². The molecule has 0 N–H and O–H groups in total. The smallest absolute Gasteiger partial charge is 0.166 e. The molecule has 2 nitrogen and oxygen atoms in total. The predicted molar refractivity (Wildman–Crippen MR) is 53.3 cm³/mol. The standard InChI is InChI=1S/C10H7ClFNO/c1-13-8(5-14)3-6-2-7(12)4-9(11)10(6)13/h2-5H,1H3. The van der Waals surface area contributed by atoms with Crippen molar-refractivity contribution in [2.75, 3.05) is 0 Å². The van der Waals surface area contributed by atoms with Crippen molar-refractivity contribution in [2.24, 2.45) is 7.05 Å². The highest BCUT2D eigenvalue weighted by molar-refractivity contribution is 6.35. The van der Waals surface area contributed by atoms with E-state index in [1.54, 1.807) is 17.7 Å². The van der Waals surface area contributed by atoms with Crippen molar-refractivity contribution in [1.82, 2.24) is 4.57 Å². The van der Waals surface area contributed by atoms with Gasteiger partial charge in [0.05, 0.1) is 16.2 Å². The Hall–Kier alpha value is -1.35. The van der Waals surface area contributed by atoms with Crippen molar-refractivity contribution < 1.29 is 9.18 Å². The second-order valence-corrected chi connectivity index (χ2v) is 3.48. The quantitative estimate of drug-likeness (QED) is 0.665. The van der Waals surface area contributed by atoms with Gasteiger partial charge in [0, 0.05) is 12.4 Å². The van der Waals surface area contributed by atoms with Gasteiger partial charge >= 0.3 is 0 Å². The van der Waals surface area contributed by atoms with Crippen molar-refractivity contribution in [3.63, 3.8) is 0 Å². The lowest BCUT2D eigenvalue weighted by Crippen LogP contribution is -1.93. The van der Waals surface area contributed by atoms with Gasteiger partial charge < -0.3 is 4.57 Å². The second kappa shape index (κ2) is 3.10. The van der Waals surface area contributed by atoms with Crippen molar-refractivity contribution in [3.05, 3.63) is 34.7 Å². The lowest BCUT2D eigenvalue weighted by atomic mass is 10.2. The van der Waals surface area contributed by atoms with E-state index in [9.17, 15) is 9.18 Å². The van der Waals surface area contributed by atoms with Crippen LogP contribution >= 0.6 is 11.6 Å². The molecular formula is C10H7ClFNO. The fourth-order valence-corrected chi connectivity index (χ4v) is 1.89. The number of halogens is 2. The zero-order chi connectivity index (χ0) is 10.3. The van der Waals surface area contributed by atoms with Gasteiger partial charge in [-0.3, -0.25) is 4.79 Å². The molecule has 0 aliphatic carbocycles. The Morgan fingerprint density at radius 1 is 1.43 bits per heavy atom. The predicted octanol–water partition coefficient (Wildman–Crippen LogP) is 2.78. The van der Waals surface area contributed by atoms with Crippen LogP contribution in [0.2, 0.25) is 5.02 Å². The Morgan fingerprint density at radius 3 is 2.79 bits per heavy atom. The molecule has 1 aromatic heterocycles. The van der Waals surface area contributed by atoms with Crippen LogP contribution in [0.1, 0.15) is 10.5 Å². The number of aromatic nitrogens is 1. The van der Waals surface area contributed by atoms with Crippen LogP contribution in [0.25, 0.3) is 10.9 Å². The molecule has 2 rings (SSSR count). The van der Waals surface area contributed by atoms with Crippen molar-refractivity contribution >= 4 is 28.8 Å². The zero-order valence-corrected chi connectivity index (χ0v) is 8.18. The molecule has 0 aliphatic heterocycles. The van der Waals surface area contributed by atoms with E-state index in [0.717, 1.165) is 0 Å². The van der Waals surface area contributed by atoms with E-state index in [1.165, 1.54) is 12.1 Å². The number of carbonyl (C=O) groups is 1. The maximum atomic E-state index is 13.0. The molecule has 0 fully saturated rings. The van der Waals surface area contributed by atoms with Crippen molar-refractivity contribution in [3.8, 4) is 0 Å². The van der Waals surface area contributed by atoms with Gasteiger partial charge in [0.25, 0.3) is 0 Å². The summed E-state index contributed by atoms with van der Waals surface area (Å²) < 4.78 is 14.6. The van der Waals surface area contributed by atoms with Gasteiger partial charge in [0.15, 0.2) is 6.29 Å². The summed E-state index contributed by atoms with van der Waals surface area (Å²) in [6, 6.07) is 4.20. The Labute approximate surface area is 84.9 Å². The van der Waals surface area contributed by atoms with Gasteiger partial charge in [-0.05, 0) is 18.2 Å². The molecule has 14 heavy (non-hydrogen) atoms. The van der Waals surface area contributed by atoms with Crippen molar-refractivity contribution in [1.29, 1.82) is 0 Å². The Balaban J connectivity index is 2.92. The van der Waals surface area contributed by atoms with E-state index in [2.05, 4.69) is 0 Å². The summed E-state index contributed by atoms with van der Waals surface area (Å²) >= 11 is 5.86. The van der Waals surface area contributed by atoms with E-state index in [1.807, 2.05) is 0 Å². The molecule has 0 saturated heterocycles. The highest BCUT2D eigenvalue weighted by Gasteiger charge is 2.09. The average molecular weight is 212 g/mol. The molecular weight excluding hydrogens is 205 g/mol.